The van der Waals surface area contributed by atoms with E-state index in [4.69, 9.17) is 4.74 Å². The van der Waals surface area contributed by atoms with Crippen LogP contribution < -0.4 is 5.32 Å². The van der Waals surface area contributed by atoms with Crippen LogP contribution in [0.3, 0.4) is 0 Å². The highest BCUT2D eigenvalue weighted by atomic mass is 16.5. The first-order valence-corrected chi connectivity index (χ1v) is 5.79. The van der Waals surface area contributed by atoms with Gasteiger partial charge >= 0.3 is 0 Å². The van der Waals surface area contributed by atoms with Crippen molar-refractivity contribution in [3.63, 3.8) is 0 Å². The second kappa shape index (κ2) is 6.83. The lowest BCUT2D eigenvalue weighted by molar-refractivity contribution is -0.128. The van der Waals surface area contributed by atoms with Gasteiger partial charge in [0.2, 0.25) is 5.91 Å². The smallest absolute Gasteiger partial charge is 0.223 e. The molecule has 1 saturated heterocycles. The van der Waals surface area contributed by atoms with Crippen molar-refractivity contribution in [1.82, 2.24) is 10.2 Å². The molecule has 1 aliphatic rings. The van der Waals surface area contributed by atoms with Gasteiger partial charge in [0.15, 0.2) is 0 Å². The number of rotatable bonds is 7. The van der Waals surface area contributed by atoms with Crippen LogP contribution in [0.4, 0.5) is 0 Å². The average molecular weight is 230 g/mol. The summed E-state index contributed by atoms with van der Waals surface area (Å²) >= 11 is 0. The number of carbonyl (C=O) groups is 1. The Morgan fingerprint density at radius 2 is 2.44 bits per heavy atom. The van der Waals surface area contributed by atoms with Gasteiger partial charge in [-0.3, -0.25) is 4.79 Å². The van der Waals surface area contributed by atoms with Crippen LogP contribution in [-0.4, -0.2) is 61.9 Å². The Morgan fingerprint density at radius 3 is 3.00 bits per heavy atom. The highest BCUT2D eigenvalue weighted by Crippen LogP contribution is 2.16. The Balaban J connectivity index is 2.13. The molecule has 1 aliphatic heterocycles. The van der Waals surface area contributed by atoms with Crippen LogP contribution in [0.15, 0.2) is 0 Å². The van der Waals surface area contributed by atoms with Crippen molar-refractivity contribution in [3.8, 4) is 0 Å². The third-order valence-corrected chi connectivity index (χ3v) is 2.70. The highest BCUT2D eigenvalue weighted by Gasteiger charge is 2.27. The van der Waals surface area contributed by atoms with Crippen molar-refractivity contribution < 1.29 is 14.6 Å². The Kier molecular flexibility index (Phi) is 5.73. The zero-order chi connectivity index (χ0) is 12.0. The Hall–Kier alpha value is -0.650. The molecule has 5 heteroatoms. The number of amides is 1. The fraction of sp³-hybridized carbons (Fsp3) is 0.909. The lowest BCUT2D eigenvalue weighted by Crippen LogP contribution is -2.39. The molecule has 1 heterocycles. The summed E-state index contributed by atoms with van der Waals surface area (Å²) in [5.74, 6) is 0.574. The maximum Gasteiger partial charge on any atom is 0.223 e. The summed E-state index contributed by atoms with van der Waals surface area (Å²) in [6.45, 7) is 5.12. The summed E-state index contributed by atoms with van der Waals surface area (Å²) in [6.07, 6.45) is 0.121. The molecule has 0 aliphatic carbocycles. The first-order valence-electron chi connectivity index (χ1n) is 5.79. The normalized spacial score (nSPS) is 22.8. The molecule has 94 valence electrons. The molecule has 1 amide bonds. The van der Waals surface area contributed by atoms with E-state index in [2.05, 4.69) is 12.2 Å². The molecule has 0 aromatic heterocycles. The van der Waals surface area contributed by atoms with Crippen LogP contribution in [0, 0.1) is 5.92 Å². The maximum atomic E-state index is 11.5. The number of methoxy groups -OCH3 is 1. The van der Waals surface area contributed by atoms with Crippen LogP contribution in [-0.2, 0) is 9.53 Å². The number of carbonyl (C=O) groups excluding carboxylic acids is 1. The summed E-state index contributed by atoms with van der Waals surface area (Å²) in [5, 5.41) is 12.8. The van der Waals surface area contributed by atoms with E-state index < -0.39 is 6.10 Å². The third kappa shape index (κ3) is 4.47. The minimum absolute atomic E-state index is 0.156. The number of likely N-dealkylation sites (tertiary alicyclic amines) is 1. The van der Waals surface area contributed by atoms with Gasteiger partial charge in [-0.2, -0.15) is 0 Å². The lowest BCUT2D eigenvalue weighted by atomic mass is 10.2. The first-order chi connectivity index (χ1) is 7.63. The molecule has 2 atom stereocenters. The number of nitrogens with one attached hydrogen (secondary N) is 1. The number of nitrogens with zero attached hydrogens (tertiary/aromatic N) is 1. The molecule has 16 heavy (non-hydrogen) atoms. The number of hydrogen-bond acceptors (Lipinski definition) is 4. The SMILES string of the molecule is COCCNCC(O)CN1CC(C)CC1=O. The summed E-state index contributed by atoms with van der Waals surface area (Å²) in [7, 11) is 1.64. The van der Waals surface area contributed by atoms with Gasteiger partial charge < -0.3 is 20.1 Å². The van der Waals surface area contributed by atoms with Gasteiger partial charge in [-0.15, -0.1) is 0 Å². The molecule has 0 spiro atoms. The van der Waals surface area contributed by atoms with E-state index in [1.807, 2.05) is 0 Å². The van der Waals surface area contributed by atoms with Crippen LogP contribution in [0.2, 0.25) is 0 Å². The first kappa shape index (κ1) is 13.4. The van der Waals surface area contributed by atoms with E-state index in [0.717, 1.165) is 13.1 Å². The topological polar surface area (TPSA) is 61.8 Å². The molecule has 0 saturated carbocycles. The van der Waals surface area contributed by atoms with Gasteiger partial charge in [-0.1, -0.05) is 6.92 Å². The molecule has 0 aromatic rings. The third-order valence-electron chi connectivity index (χ3n) is 2.70. The van der Waals surface area contributed by atoms with Crippen LogP contribution in [0.25, 0.3) is 0 Å². The van der Waals surface area contributed by atoms with Gasteiger partial charge in [-0.05, 0) is 5.92 Å². The van der Waals surface area contributed by atoms with E-state index >= 15 is 0 Å². The highest BCUT2D eigenvalue weighted by molar-refractivity contribution is 5.78. The molecule has 1 fully saturated rings. The largest absolute Gasteiger partial charge is 0.390 e. The summed E-state index contributed by atoms with van der Waals surface area (Å²) in [6, 6.07) is 0. The Labute approximate surface area is 96.8 Å². The number of aliphatic hydroxyl groups excluding tert-OH is 1. The zero-order valence-corrected chi connectivity index (χ0v) is 10.1. The van der Waals surface area contributed by atoms with Crippen molar-refractivity contribution in [2.24, 2.45) is 5.92 Å². The molecular weight excluding hydrogens is 208 g/mol. The summed E-state index contributed by atoms with van der Waals surface area (Å²) in [4.78, 5) is 13.2. The van der Waals surface area contributed by atoms with Crippen molar-refractivity contribution in [2.75, 3.05) is 39.9 Å². The molecule has 5 nitrogen and oxygen atoms in total. The van der Waals surface area contributed by atoms with E-state index in [0.29, 0.717) is 32.0 Å². The van der Waals surface area contributed by atoms with Gasteiger partial charge in [0.1, 0.15) is 0 Å². The average Bonchev–Trinajstić information content (AvgIpc) is 2.52. The van der Waals surface area contributed by atoms with E-state index in [-0.39, 0.29) is 5.91 Å². The minimum atomic E-state index is -0.494. The monoisotopic (exact) mass is 230 g/mol. The zero-order valence-electron chi connectivity index (χ0n) is 10.1. The van der Waals surface area contributed by atoms with Crippen molar-refractivity contribution in [3.05, 3.63) is 0 Å². The molecule has 2 N–H and O–H groups in total. The van der Waals surface area contributed by atoms with Crippen molar-refractivity contribution >= 4 is 5.91 Å². The van der Waals surface area contributed by atoms with Crippen molar-refractivity contribution in [2.45, 2.75) is 19.4 Å². The molecule has 0 aromatic carbocycles. The molecular formula is C11H22N2O3. The molecule has 0 radical (unpaired) electrons. The molecule has 2 unspecified atom stereocenters. The van der Waals surface area contributed by atoms with Crippen LogP contribution in [0.5, 0.6) is 0 Å². The predicted molar refractivity (Wildman–Crippen MR) is 61.1 cm³/mol. The number of hydrogen-bond donors (Lipinski definition) is 2. The predicted octanol–water partition coefficient (Wildman–Crippen LogP) is -0.548. The van der Waals surface area contributed by atoms with Crippen LogP contribution >= 0.6 is 0 Å². The second-order valence-corrected chi connectivity index (χ2v) is 4.46. The molecule has 1 rings (SSSR count). The fourth-order valence-electron chi connectivity index (χ4n) is 1.91. The Bertz CT molecular complexity index is 223. The van der Waals surface area contributed by atoms with Gasteiger partial charge in [0.25, 0.3) is 0 Å². The standard InChI is InChI=1S/C11H22N2O3/c1-9-5-11(15)13(7-9)8-10(14)6-12-3-4-16-2/h9-10,12,14H,3-8H2,1-2H3. The van der Waals surface area contributed by atoms with E-state index in [1.54, 1.807) is 12.0 Å². The van der Waals surface area contributed by atoms with E-state index in [9.17, 15) is 9.90 Å². The van der Waals surface area contributed by atoms with Gasteiger partial charge in [0.05, 0.1) is 12.7 Å². The Morgan fingerprint density at radius 1 is 1.69 bits per heavy atom. The summed E-state index contributed by atoms with van der Waals surface area (Å²) in [5.41, 5.74) is 0. The fourth-order valence-corrected chi connectivity index (χ4v) is 1.91. The lowest BCUT2D eigenvalue weighted by Gasteiger charge is -2.20. The summed E-state index contributed by atoms with van der Waals surface area (Å²) < 4.78 is 4.88. The quantitative estimate of drug-likeness (QED) is 0.576. The maximum absolute atomic E-state index is 11.5. The molecule has 0 bridgehead atoms. The van der Waals surface area contributed by atoms with Gasteiger partial charge in [-0.25, -0.2) is 0 Å². The number of aliphatic hydroxyl groups is 1. The number of β-amino-alcohol motifs (C(OH)–C–C–N with tert-alkyl or cyclic N) is 1. The van der Waals surface area contributed by atoms with Gasteiger partial charge in [0, 0.05) is 39.7 Å². The second-order valence-electron chi connectivity index (χ2n) is 4.46. The van der Waals surface area contributed by atoms with Crippen molar-refractivity contribution in [1.29, 1.82) is 0 Å². The minimum Gasteiger partial charge on any atom is -0.390 e. The van der Waals surface area contributed by atoms with E-state index in [1.165, 1.54) is 0 Å². The number of ether oxygens (including phenoxy) is 1. The van der Waals surface area contributed by atoms with Crippen LogP contribution in [0.1, 0.15) is 13.3 Å².